The lowest BCUT2D eigenvalue weighted by Gasteiger charge is -2.32. The quantitative estimate of drug-likeness (QED) is 0.741. The molecule has 0 bridgehead atoms. The zero-order valence-electron chi connectivity index (χ0n) is 13.6. The van der Waals surface area contributed by atoms with E-state index in [4.69, 9.17) is 4.74 Å². The van der Waals surface area contributed by atoms with Gasteiger partial charge in [-0.1, -0.05) is 19.8 Å². The monoisotopic (exact) mass is 282 g/mol. The van der Waals surface area contributed by atoms with Crippen LogP contribution in [0.1, 0.15) is 51.9 Å². The molecule has 0 aromatic rings. The van der Waals surface area contributed by atoms with Crippen molar-refractivity contribution < 1.29 is 4.74 Å². The number of nitrogens with one attached hydrogen (secondary N) is 1. The van der Waals surface area contributed by atoms with Crippen molar-refractivity contribution in [3.8, 4) is 0 Å². The maximum atomic E-state index is 5.47. The largest absolute Gasteiger partial charge is 0.381 e. The van der Waals surface area contributed by atoms with Gasteiger partial charge >= 0.3 is 0 Å². The lowest BCUT2D eigenvalue weighted by Crippen LogP contribution is -2.45. The van der Waals surface area contributed by atoms with E-state index in [9.17, 15) is 0 Å². The molecule has 118 valence electrons. The van der Waals surface area contributed by atoms with Gasteiger partial charge in [-0.05, 0) is 57.5 Å². The highest BCUT2D eigenvalue weighted by Gasteiger charge is 2.26. The Balaban J connectivity index is 1.75. The van der Waals surface area contributed by atoms with E-state index >= 15 is 0 Å². The van der Waals surface area contributed by atoms with Crippen molar-refractivity contribution in [3.63, 3.8) is 0 Å². The van der Waals surface area contributed by atoms with Crippen molar-refractivity contribution in [1.82, 2.24) is 10.2 Å². The van der Waals surface area contributed by atoms with E-state index in [1.807, 2.05) is 0 Å². The highest BCUT2D eigenvalue weighted by atomic mass is 16.5. The Kier molecular flexibility index (Phi) is 7.32. The molecule has 1 heterocycles. The lowest BCUT2D eigenvalue weighted by atomic mass is 9.96. The Bertz CT molecular complexity index is 247. The van der Waals surface area contributed by atoms with Gasteiger partial charge in [-0.25, -0.2) is 0 Å². The molecule has 2 aliphatic rings. The van der Waals surface area contributed by atoms with Gasteiger partial charge in [0.1, 0.15) is 0 Å². The average molecular weight is 282 g/mol. The van der Waals surface area contributed by atoms with Gasteiger partial charge in [-0.3, -0.25) is 0 Å². The van der Waals surface area contributed by atoms with E-state index in [2.05, 4.69) is 24.2 Å². The molecule has 0 aromatic carbocycles. The summed E-state index contributed by atoms with van der Waals surface area (Å²) >= 11 is 0. The summed E-state index contributed by atoms with van der Waals surface area (Å²) < 4.78 is 5.47. The zero-order valence-corrected chi connectivity index (χ0v) is 13.6. The third-order valence-corrected chi connectivity index (χ3v) is 5.04. The van der Waals surface area contributed by atoms with Crippen LogP contribution in [0.25, 0.3) is 0 Å². The molecule has 1 saturated carbocycles. The van der Waals surface area contributed by atoms with Gasteiger partial charge in [0.15, 0.2) is 0 Å². The predicted octanol–water partition coefficient (Wildman–Crippen LogP) is 2.90. The molecule has 0 amide bonds. The van der Waals surface area contributed by atoms with Crippen LogP contribution < -0.4 is 5.32 Å². The van der Waals surface area contributed by atoms with E-state index in [0.29, 0.717) is 6.04 Å². The highest BCUT2D eigenvalue weighted by Crippen LogP contribution is 2.28. The second-order valence-electron chi connectivity index (χ2n) is 6.88. The van der Waals surface area contributed by atoms with Crippen LogP contribution >= 0.6 is 0 Å². The second kappa shape index (κ2) is 9.01. The number of hydrogen-bond acceptors (Lipinski definition) is 3. The molecule has 3 nitrogen and oxygen atoms in total. The summed E-state index contributed by atoms with van der Waals surface area (Å²) in [5.41, 5.74) is 0. The van der Waals surface area contributed by atoms with Gasteiger partial charge in [0.2, 0.25) is 0 Å². The molecule has 1 aliphatic heterocycles. The maximum Gasteiger partial charge on any atom is 0.0469 e. The first kappa shape index (κ1) is 16.3. The average Bonchev–Trinajstić information content (AvgIpc) is 2.98. The second-order valence-corrected chi connectivity index (χ2v) is 6.88. The van der Waals surface area contributed by atoms with E-state index in [0.717, 1.165) is 25.0 Å². The van der Waals surface area contributed by atoms with Crippen LogP contribution in [0, 0.1) is 11.8 Å². The minimum absolute atomic E-state index is 0.710. The van der Waals surface area contributed by atoms with Gasteiger partial charge in [0, 0.05) is 32.3 Å². The molecule has 1 aliphatic carbocycles. The minimum Gasteiger partial charge on any atom is -0.381 e. The summed E-state index contributed by atoms with van der Waals surface area (Å²) in [6, 6.07) is 0.710. The molecule has 1 atom stereocenters. The summed E-state index contributed by atoms with van der Waals surface area (Å²) in [7, 11) is 2.31. The summed E-state index contributed by atoms with van der Waals surface area (Å²) in [5.74, 6) is 1.77. The van der Waals surface area contributed by atoms with Crippen molar-refractivity contribution in [1.29, 1.82) is 0 Å². The molecule has 1 N–H and O–H groups in total. The molecule has 0 aromatic heterocycles. The fraction of sp³-hybridized carbons (Fsp3) is 1.00. The summed E-state index contributed by atoms with van der Waals surface area (Å²) in [6.07, 6.45) is 9.50. The van der Waals surface area contributed by atoms with E-state index < -0.39 is 0 Å². The summed E-state index contributed by atoms with van der Waals surface area (Å²) in [6.45, 7) is 7.86. The molecule has 3 heteroatoms. The van der Waals surface area contributed by atoms with Gasteiger partial charge < -0.3 is 15.0 Å². The maximum absolute atomic E-state index is 5.47. The van der Waals surface area contributed by atoms with Crippen LogP contribution in [-0.2, 0) is 4.74 Å². The van der Waals surface area contributed by atoms with Crippen LogP contribution in [0.3, 0.4) is 0 Å². The topological polar surface area (TPSA) is 24.5 Å². The Morgan fingerprint density at radius 2 is 1.85 bits per heavy atom. The van der Waals surface area contributed by atoms with Crippen LogP contribution in [0.15, 0.2) is 0 Å². The van der Waals surface area contributed by atoms with E-state index in [1.54, 1.807) is 0 Å². The van der Waals surface area contributed by atoms with Crippen LogP contribution in [0.2, 0.25) is 0 Å². The Labute approximate surface area is 125 Å². The normalized spacial score (nSPS) is 23.6. The Morgan fingerprint density at radius 3 is 2.50 bits per heavy atom. The van der Waals surface area contributed by atoms with Gasteiger partial charge in [-0.2, -0.15) is 0 Å². The standard InChI is InChI=1S/C17H34N2O/c1-3-10-18-17(16-6-4-5-7-16)14-19(2)13-15-8-11-20-12-9-15/h15-18H,3-14H2,1-2H3. The Hall–Kier alpha value is -0.120. The van der Waals surface area contributed by atoms with E-state index in [-0.39, 0.29) is 0 Å². The van der Waals surface area contributed by atoms with Crippen molar-refractivity contribution in [3.05, 3.63) is 0 Å². The molecular formula is C17H34N2O. The molecule has 20 heavy (non-hydrogen) atoms. The predicted molar refractivity (Wildman–Crippen MR) is 85.1 cm³/mol. The molecule has 1 saturated heterocycles. The SMILES string of the molecule is CCCNC(CN(C)CC1CCOCC1)C1CCCC1. The fourth-order valence-corrected chi connectivity index (χ4v) is 3.85. The fourth-order valence-electron chi connectivity index (χ4n) is 3.85. The highest BCUT2D eigenvalue weighted by molar-refractivity contribution is 4.83. The van der Waals surface area contributed by atoms with E-state index in [1.165, 1.54) is 64.6 Å². The van der Waals surface area contributed by atoms with Crippen LogP contribution in [-0.4, -0.2) is 50.8 Å². The molecule has 0 radical (unpaired) electrons. The zero-order chi connectivity index (χ0) is 14.2. The summed E-state index contributed by atoms with van der Waals surface area (Å²) in [4.78, 5) is 2.57. The summed E-state index contributed by atoms with van der Waals surface area (Å²) in [5, 5.41) is 3.81. The number of likely N-dealkylation sites (N-methyl/N-ethyl adjacent to an activating group) is 1. The van der Waals surface area contributed by atoms with Gasteiger partial charge in [0.25, 0.3) is 0 Å². The van der Waals surface area contributed by atoms with Crippen LogP contribution in [0.4, 0.5) is 0 Å². The van der Waals surface area contributed by atoms with Gasteiger partial charge in [-0.15, -0.1) is 0 Å². The van der Waals surface area contributed by atoms with Crippen molar-refractivity contribution in [2.24, 2.45) is 11.8 Å². The molecule has 2 rings (SSSR count). The number of ether oxygens (including phenoxy) is 1. The number of hydrogen-bond donors (Lipinski definition) is 1. The number of nitrogens with zero attached hydrogens (tertiary/aromatic N) is 1. The third kappa shape index (κ3) is 5.34. The van der Waals surface area contributed by atoms with Crippen molar-refractivity contribution >= 4 is 0 Å². The first-order valence-corrected chi connectivity index (χ1v) is 8.79. The minimum atomic E-state index is 0.710. The first-order valence-electron chi connectivity index (χ1n) is 8.79. The van der Waals surface area contributed by atoms with Crippen LogP contribution in [0.5, 0.6) is 0 Å². The molecule has 2 fully saturated rings. The number of rotatable bonds is 8. The van der Waals surface area contributed by atoms with Gasteiger partial charge in [0.05, 0.1) is 0 Å². The Morgan fingerprint density at radius 1 is 1.15 bits per heavy atom. The smallest absolute Gasteiger partial charge is 0.0469 e. The molecule has 0 spiro atoms. The third-order valence-electron chi connectivity index (χ3n) is 5.04. The lowest BCUT2D eigenvalue weighted by molar-refractivity contribution is 0.0538. The first-order chi connectivity index (χ1) is 9.79. The van der Waals surface area contributed by atoms with Crippen molar-refractivity contribution in [2.45, 2.75) is 57.9 Å². The van der Waals surface area contributed by atoms with Crippen molar-refractivity contribution in [2.75, 3.05) is 39.9 Å². The molecular weight excluding hydrogens is 248 g/mol. The molecule has 1 unspecified atom stereocenters.